The van der Waals surface area contributed by atoms with Gasteiger partial charge in [-0.2, -0.15) is 9.41 Å². The lowest BCUT2D eigenvalue weighted by Gasteiger charge is -2.16. The number of nitrogens with zero attached hydrogens (tertiary/aromatic N) is 3. The van der Waals surface area contributed by atoms with Crippen LogP contribution < -0.4 is 10.2 Å². The lowest BCUT2D eigenvalue weighted by molar-refractivity contribution is -0.385. The molecule has 0 bridgehead atoms. The van der Waals surface area contributed by atoms with Crippen LogP contribution in [-0.2, 0) is 14.8 Å². The van der Waals surface area contributed by atoms with Gasteiger partial charge < -0.3 is 4.74 Å². The van der Waals surface area contributed by atoms with E-state index in [1.54, 1.807) is 6.07 Å². The molecule has 10 nitrogen and oxygen atoms in total. The van der Waals surface area contributed by atoms with Gasteiger partial charge in [-0.3, -0.25) is 14.9 Å². The molecule has 0 saturated heterocycles. The first-order valence-corrected chi connectivity index (χ1v) is 9.84. The number of halogens is 1. The van der Waals surface area contributed by atoms with Gasteiger partial charge in [0.05, 0.1) is 40.3 Å². The first kappa shape index (κ1) is 22.3. The van der Waals surface area contributed by atoms with Gasteiger partial charge in [0.1, 0.15) is 5.75 Å². The van der Waals surface area contributed by atoms with Crippen molar-refractivity contribution in [3.8, 4) is 5.75 Å². The smallest absolute Gasteiger partial charge is 0.278 e. The molecule has 0 radical (unpaired) electrons. The van der Waals surface area contributed by atoms with E-state index >= 15 is 0 Å². The van der Waals surface area contributed by atoms with Crippen LogP contribution in [0.5, 0.6) is 5.75 Å². The number of rotatable bonds is 8. The first-order valence-electron chi connectivity index (χ1n) is 8.02. The van der Waals surface area contributed by atoms with E-state index in [0.29, 0.717) is 5.75 Å². The molecule has 0 saturated carbocycles. The van der Waals surface area contributed by atoms with Gasteiger partial charge in [-0.05, 0) is 24.3 Å². The molecule has 1 N–H and O–H groups in total. The van der Waals surface area contributed by atoms with Crippen LogP contribution in [0.3, 0.4) is 0 Å². The van der Waals surface area contributed by atoms with E-state index in [0.717, 1.165) is 10.5 Å². The summed E-state index contributed by atoms with van der Waals surface area (Å²) >= 11 is 5.95. The number of carbonyl (C=O) groups excluding carboxylic acids is 1. The molecule has 1 amide bonds. The molecule has 2 rings (SSSR count). The minimum absolute atomic E-state index is 0.109. The molecular formula is C17H17ClN4O6S. The zero-order valence-corrected chi connectivity index (χ0v) is 17.0. The Morgan fingerprint density at radius 3 is 2.66 bits per heavy atom. The Labute approximate surface area is 171 Å². The third-order valence-corrected chi connectivity index (χ3v) is 5.82. The zero-order valence-electron chi connectivity index (χ0n) is 15.4. The van der Waals surface area contributed by atoms with Crippen LogP contribution in [0.1, 0.15) is 5.56 Å². The highest BCUT2D eigenvalue weighted by atomic mass is 35.5. The highest BCUT2D eigenvalue weighted by molar-refractivity contribution is 7.89. The second kappa shape index (κ2) is 9.45. The van der Waals surface area contributed by atoms with E-state index in [9.17, 15) is 23.3 Å². The Morgan fingerprint density at radius 2 is 2.03 bits per heavy atom. The van der Waals surface area contributed by atoms with Crippen LogP contribution in [0.4, 0.5) is 5.69 Å². The van der Waals surface area contributed by atoms with Crippen LogP contribution in [0.2, 0.25) is 5.02 Å². The van der Waals surface area contributed by atoms with Crippen LogP contribution >= 0.6 is 11.6 Å². The number of benzene rings is 2. The number of sulfonamides is 1. The quantitative estimate of drug-likeness (QED) is 0.379. The van der Waals surface area contributed by atoms with E-state index in [4.69, 9.17) is 16.3 Å². The largest absolute Gasteiger partial charge is 0.495 e. The topological polar surface area (TPSA) is 131 Å². The van der Waals surface area contributed by atoms with Crippen molar-refractivity contribution in [1.82, 2.24) is 9.73 Å². The number of ether oxygens (including phenoxy) is 1. The number of hydrogen-bond donors (Lipinski definition) is 1. The molecule has 0 aliphatic rings. The predicted molar refractivity (Wildman–Crippen MR) is 107 cm³/mol. The van der Waals surface area contributed by atoms with Gasteiger partial charge in [0.25, 0.3) is 11.6 Å². The Morgan fingerprint density at radius 1 is 1.34 bits per heavy atom. The maximum absolute atomic E-state index is 12.6. The molecule has 2 aromatic carbocycles. The van der Waals surface area contributed by atoms with Crippen molar-refractivity contribution in [2.45, 2.75) is 4.90 Å². The van der Waals surface area contributed by atoms with E-state index in [1.165, 1.54) is 50.6 Å². The van der Waals surface area contributed by atoms with Gasteiger partial charge in [0.2, 0.25) is 10.0 Å². The Hall–Kier alpha value is -3.02. The normalized spacial score (nSPS) is 11.6. The Bertz CT molecular complexity index is 1060. The zero-order chi connectivity index (χ0) is 21.6. The van der Waals surface area contributed by atoms with Gasteiger partial charge in [0.15, 0.2) is 0 Å². The summed E-state index contributed by atoms with van der Waals surface area (Å²) in [6.45, 7) is -0.528. The molecule has 0 atom stereocenters. The van der Waals surface area contributed by atoms with Gasteiger partial charge >= 0.3 is 0 Å². The molecular weight excluding hydrogens is 424 g/mol. The summed E-state index contributed by atoms with van der Waals surface area (Å²) < 4.78 is 30.9. The van der Waals surface area contributed by atoms with E-state index in [1.807, 2.05) is 0 Å². The number of nitro groups is 1. The summed E-state index contributed by atoms with van der Waals surface area (Å²) in [7, 11) is -1.37. The summed E-state index contributed by atoms with van der Waals surface area (Å²) in [4.78, 5) is 22.2. The van der Waals surface area contributed by atoms with Crippen LogP contribution in [0.25, 0.3) is 0 Å². The number of amides is 1. The Kier molecular flexibility index (Phi) is 7.26. The minimum atomic E-state index is -3.99. The Balaban J connectivity index is 2.05. The molecule has 0 heterocycles. The summed E-state index contributed by atoms with van der Waals surface area (Å²) in [5.41, 5.74) is 2.14. The van der Waals surface area contributed by atoms with E-state index < -0.39 is 27.4 Å². The molecule has 0 aliphatic carbocycles. The number of methoxy groups -OCH3 is 1. The lowest BCUT2D eigenvalue weighted by atomic mass is 10.2. The first-order chi connectivity index (χ1) is 13.7. The second-order valence-corrected chi connectivity index (χ2v) is 8.12. The lowest BCUT2D eigenvalue weighted by Crippen LogP contribution is -2.36. The summed E-state index contributed by atoms with van der Waals surface area (Å²) in [6.07, 6.45) is 1.10. The van der Waals surface area contributed by atoms with E-state index in [-0.39, 0.29) is 21.2 Å². The van der Waals surface area contributed by atoms with Crippen molar-refractivity contribution in [3.05, 3.63) is 63.2 Å². The van der Waals surface area contributed by atoms with Gasteiger partial charge in [-0.15, -0.1) is 0 Å². The molecule has 0 aromatic heterocycles. The van der Waals surface area contributed by atoms with Crippen molar-refractivity contribution in [2.75, 3.05) is 20.7 Å². The molecule has 0 aliphatic heterocycles. The highest BCUT2D eigenvalue weighted by Crippen LogP contribution is 2.28. The standard InChI is InChI=1S/C17H17ClN4O6S/c1-21(29(26,27)13-7-8-16(28-2)14(18)9-13)11-17(23)20-19-10-12-5-3-4-6-15(12)22(24)25/h3-10H,11H2,1-2H3,(H,20,23)/b19-10+. The SMILES string of the molecule is COc1ccc(S(=O)(=O)N(C)CC(=O)N/N=C/c2ccccc2[N+](=O)[O-])cc1Cl. The number of nitrogens with one attached hydrogen (secondary N) is 1. The molecule has 154 valence electrons. The van der Waals surface area contributed by atoms with Crippen LogP contribution in [-0.4, -0.2) is 50.5 Å². The fourth-order valence-electron chi connectivity index (χ4n) is 2.25. The summed E-state index contributed by atoms with van der Waals surface area (Å²) in [6, 6.07) is 9.76. The van der Waals surface area contributed by atoms with Crippen molar-refractivity contribution in [2.24, 2.45) is 5.10 Å². The monoisotopic (exact) mass is 440 g/mol. The number of hydrazone groups is 1. The summed E-state index contributed by atoms with van der Waals surface area (Å²) in [5.74, 6) is -0.416. The minimum Gasteiger partial charge on any atom is -0.495 e. The highest BCUT2D eigenvalue weighted by Gasteiger charge is 2.24. The van der Waals surface area contributed by atoms with Gasteiger partial charge in [-0.25, -0.2) is 13.8 Å². The van der Waals surface area contributed by atoms with Crippen molar-refractivity contribution >= 4 is 39.4 Å². The molecule has 0 fully saturated rings. The number of para-hydroxylation sites is 1. The molecule has 29 heavy (non-hydrogen) atoms. The maximum atomic E-state index is 12.6. The number of carbonyl (C=O) groups is 1. The number of nitro benzene ring substituents is 1. The second-order valence-electron chi connectivity index (χ2n) is 5.67. The predicted octanol–water partition coefficient (Wildman–Crippen LogP) is 2.03. The van der Waals surface area contributed by atoms with Crippen molar-refractivity contribution in [1.29, 1.82) is 0 Å². The maximum Gasteiger partial charge on any atom is 0.278 e. The fraction of sp³-hybridized carbons (Fsp3) is 0.176. The third kappa shape index (κ3) is 5.50. The molecule has 12 heteroatoms. The van der Waals surface area contributed by atoms with Gasteiger partial charge in [0, 0.05) is 13.1 Å². The summed E-state index contributed by atoms with van der Waals surface area (Å²) in [5, 5.41) is 14.7. The fourth-order valence-corrected chi connectivity index (χ4v) is 3.72. The number of likely N-dealkylation sites (N-methyl/N-ethyl adjacent to an activating group) is 1. The average molecular weight is 441 g/mol. The number of hydrogen-bond acceptors (Lipinski definition) is 7. The molecule has 0 unspecified atom stereocenters. The third-order valence-electron chi connectivity index (χ3n) is 3.72. The van der Waals surface area contributed by atoms with Crippen molar-refractivity contribution in [3.63, 3.8) is 0 Å². The molecule has 0 spiro atoms. The van der Waals surface area contributed by atoms with E-state index in [2.05, 4.69) is 10.5 Å². The van der Waals surface area contributed by atoms with Crippen LogP contribution in [0.15, 0.2) is 52.5 Å². The molecule has 2 aromatic rings. The average Bonchev–Trinajstić information content (AvgIpc) is 2.68. The van der Waals surface area contributed by atoms with Crippen LogP contribution in [0, 0.1) is 10.1 Å². The van der Waals surface area contributed by atoms with Crippen molar-refractivity contribution < 1.29 is 22.9 Å². The van der Waals surface area contributed by atoms with Gasteiger partial charge in [-0.1, -0.05) is 23.7 Å².